The van der Waals surface area contributed by atoms with Crippen molar-refractivity contribution in [3.05, 3.63) is 0 Å². The lowest BCUT2D eigenvalue weighted by Crippen LogP contribution is -2.44. The molecule has 0 aromatic carbocycles. The second-order valence-electron chi connectivity index (χ2n) is 4.20. The molecule has 1 aliphatic heterocycles. The summed E-state index contributed by atoms with van der Waals surface area (Å²) < 4.78 is 5.82. The summed E-state index contributed by atoms with van der Waals surface area (Å²) in [6, 6.07) is 0. The van der Waals surface area contributed by atoms with Crippen molar-refractivity contribution in [2.75, 3.05) is 6.54 Å². The van der Waals surface area contributed by atoms with Crippen LogP contribution in [0.2, 0.25) is 0 Å². The Hall–Kier alpha value is -0.530. The Kier molecular flexibility index (Phi) is 2.45. The average molecular weight is 169 g/mol. The summed E-state index contributed by atoms with van der Waals surface area (Å²) in [5, 5.41) is 0. The lowest BCUT2D eigenvalue weighted by molar-refractivity contribution is -0.00640. The van der Waals surface area contributed by atoms with Crippen molar-refractivity contribution in [3.8, 4) is 0 Å². The van der Waals surface area contributed by atoms with Gasteiger partial charge >= 0.3 is 0 Å². The van der Waals surface area contributed by atoms with E-state index < -0.39 is 0 Å². The molecule has 0 spiro atoms. The van der Waals surface area contributed by atoms with Crippen molar-refractivity contribution in [3.63, 3.8) is 0 Å². The molecule has 0 bridgehead atoms. The zero-order valence-electron chi connectivity index (χ0n) is 8.72. The van der Waals surface area contributed by atoms with Crippen LogP contribution in [0, 0.1) is 11.8 Å². The summed E-state index contributed by atoms with van der Waals surface area (Å²) in [6.45, 7) is 11.6. The van der Waals surface area contributed by atoms with Gasteiger partial charge in [0.1, 0.15) is 5.60 Å². The number of hydrogen-bond donors (Lipinski definition) is 0. The van der Waals surface area contributed by atoms with Gasteiger partial charge in [-0.05, 0) is 11.8 Å². The van der Waals surface area contributed by atoms with Gasteiger partial charge in [0.2, 0.25) is 0 Å². The van der Waals surface area contributed by atoms with Gasteiger partial charge in [0.15, 0.2) is 5.90 Å². The summed E-state index contributed by atoms with van der Waals surface area (Å²) >= 11 is 0. The molecule has 70 valence electrons. The van der Waals surface area contributed by atoms with E-state index in [1.807, 2.05) is 6.92 Å². The molecule has 0 saturated heterocycles. The highest BCUT2D eigenvalue weighted by molar-refractivity contribution is 5.75. The highest BCUT2D eigenvalue weighted by Gasteiger charge is 2.42. The molecular formula is C10H19NO. The van der Waals surface area contributed by atoms with Gasteiger partial charge in [-0.3, -0.25) is 4.99 Å². The first kappa shape index (κ1) is 9.56. The summed E-state index contributed by atoms with van der Waals surface area (Å²) in [5.74, 6) is 1.90. The van der Waals surface area contributed by atoms with Crippen LogP contribution in [0.25, 0.3) is 0 Å². The maximum absolute atomic E-state index is 5.82. The molecule has 2 heteroatoms. The van der Waals surface area contributed by atoms with Gasteiger partial charge in [0.25, 0.3) is 0 Å². The molecule has 1 aliphatic rings. The predicted molar refractivity (Wildman–Crippen MR) is 51.5 cm³/mol. The molecule has 1 heterocycles. The molecule has 0 radical (unpaired) electrons. The Labute approximate surface area is 75.0 Å². The predicted octanol–water partition coefficient (Wildman–Crippen LogP) is 2.49. The number of hydrogen-bond acceptors (Lipinski definition) is 2. The third-order valence-corrected chi connectivity index (χ3v) is 2.84. The lowest BCUT2D eigenvalue weighted by atomic mass is 9.80. The fourth-order valence-corrected chi connectivity index (χ4v) is 1.84. The summed E-state index contributed by atoms with van der Waals surface area (Å²) in [5.41, 5.74) is -0.0376. The third-order valence-electron chi connectivity index (χ3n) is 2.84. The lowest BCUT2D eigenvalue weighted by Gasteiger charge is -2.36. The Bertz CT molecular complexity index is 186. The summed E-state index contributed by atoms with van der Waals surface area (Å²) in [6.07, 6.45) is 0. The minimum Gasteiger partial charge on any atom is -0.472 e. The van der Waals surface area contributed by atoms with E-state index in [2.05, 4.69) is 32.7 Å². The topological polar surface area (TPSA) is 21.6 Å². The summed E-state index contributed by atoms with van der Waals surface area (Å²) in [4.78, 5) is 4.33. The quantitative estimate of drug-likeness (QED) is 0.622. The zero-order chi connectivity index (χ0) is 9.35. The summed E-state index contributed by atoms with van der Waals surface area (Å²) in [7, 11) is 0. The number of ether oxygens (including phenoxy) is 1. The largest absolute Gasteiger partial charge is 0.472 e. The van der Waals surface area contributed by atoms with Crippen LogP contribution in [-0.2, 0) is 4.74 Å². The smallest absolute Gasteiger partial charge is 0.180 e. The highest BCUT2D eigenvalue weighted by atomic mass is 16.5. The Balaban J connectivity index is 2.79. The molecule has 0 atom stereocenters. The van der Waals surface area contributed by atoms with E-state index in [1.165, 1.54) is 0 Å². The van der Waals surface area contributed by atoms with Gasteiger partial charge in [-0.25, -0.2) is 0 Å². The molecule has 0 fully saturated rings. The third kappa shape index (κ3) is 1.35. The van der Waals surface area contributed by atoms with Crippen molar-refractivity contribution in [1.82, 2.24) is 0 Å². The second-order valence-corrected chi connectivity index (χ2v) is 4.20. The maximum atomic E-state index is 5.82. The number of aliphatic imine (C=N–C) groups is 1. The van der Waals surface area contributed by atoms with E-state index in [-0.39, 0.29) is 5.60 Å². The van der Waals surface area contributed by atoms with Crippen LogP contribution >= 0.6 is 0 Å². The molecule has 0 aliphatic carbocycles. The van der Waals surface area contributed by atoms with Crippen LogP contribution in [0.3, 0.4) is 0 Å². The molecular weight excluding hydrogens is 150 g/mol. The molecule has 0 unspecified atom stereocenters. The van der Waals surface area contributed by atoms with Crippen molar-refractivity contribution in [1.29, 1.82) is 0 Å². The normalized spacial score (nSPS) is 21.4. The van der Waals surface area contributed by atoms with Crippen LogP contribution in [0.5, 0.6) is 0 Å². The fraction of sp³-hybridized carbons (Fsp3) is 0.900. The van der Waals surface area contributed by atoms with Crippen LogP contribution in [-0.4, -0.2) is 18.0 Å². The second kappa shape index (κ2) is 3.08. The fourth-order valence-electron chi connectivity index (χ4n) is 1.84. The van der Waals surface area contributed by atoms with Gasteiger partial charge in [-0.15, -0.1) is 0 Å². The maximum Gasteiger partial charge on any atom is 0.180 e. The molecule has 0 aromatic rings. The van der Waals surface area contributed by atoms with E-state index in [4.69, 9.17) is 4.74 Å². The van der Waals surface area contributed by atoms with E-state index >= 15 is 0 Å². The zero-order valence-corrected chi connectivity index (χ0v) is 8.72. The van der Waals surface area contributed by atoms with E-state index in [0.717, 1.165) is 12.4 Å². The molecule has 1 rings (SSSR count). The number of rotatable bonds is 2. The van der Waals surface area contributed by atoms with Crippen molar-refractivity contribution in [2.24, 2.45) is 16.8 Å². The van der Waals surface area contributed by atoms with Gasteiger partial charge < -0.3 is 4.74 Å². The van der Waals surface area contributed by atoms with Gasteiger partial charge in [0.05, 0.1) is 6.54 Å². The molecule has 0 amide bonds. The van der Waals surface area contributed by atoms with E-state index in [0.29, 0.717) is 11.8 Å². The van der Waals surface area contributed by atoms with Gasteiger partial charge in [-0.1, -0.05) is 27.7 Å². The minimum atomic E-state index is -0.0376. The van der Waals surface area contributed by atoms with Gasteiger partial charge in [0, 0.05) is 6.92 Å². The van der Waals surface area contributed by atoms with Crippen LogP contribution in [0.15, 0.2) is 4.99 Å². The SMILES string of the molecule is CC1=NCC(C(C)C)(C(C)C)O1. The Morgan fingerprint density at radius 2 is 1.75 bits per heavy atom. The van der Waals surface area contributed by atoms with Crippen LogP contribution in [0.1, 0.15) is 34.6 Å². The first-order valence-electron chi connectivity index (χ1n) is 4.69. The van der Waals surface area contributed by atoms with Crippen LogP contribution < -0.4 is 0 Å². The molecule has 0 N–H and O–H groups in total. The first-order chi connectivity index (χ1) is 5.49. The van der Waals surface area contributed by atoms with Gasteiger partial charge in [-0.2, -0.15) is 0 Å². The molecule has 0 aromatic heterocycles. The monoisotopic (exact) mass is 169 g/mol. The minimum absolute atomic E-state index is 0.0376. The molecule has 0 saturated carbocycles. The highest BCUT2D eigenvalue weighted by Crippen LogP contribution is 2.34. The van der Waals surface area contributed by atoms with Crippen molar-refractivity contribution < 1.29 is 4.74 Å². The van der Waals surface area contributed by atoms with Crippen LogP contribution in [0.4, 0.5) is 0 Å². The van der Waals surface area contributed by atoms with Crippen molar-refractivity contribution >= 4 is 5.90 Å². The van der Waals surface area contributed by atoms with E-state index in [1.54, 1.807) is 0 Å². The Morgan fingerprint density at radius 1 is 1.25 bits per heavy atom. The molecule has 2 nitrogen and oxygen atoms in total. The first-order valence-corrected chi connectivity index (χ1v) is 4.69. The number of nitrogens with zero attached hydrogens (tertiary/aromatic N) is 1. The van der Waals surface area contributed by atoms with E-state index in [9.17, 15) is 0 Å². The van der Waals surface area contributed by atoms with Crippen molar-refractivity contribution in [2.45, 2.75) is 40.2 Å². The Morgan fingerprint density at radius 3 is 1.92 bits per heavy atom. The molecule has 12 heavy (non-hydrogen) atoms. The average Bonchev–Trinajstić information content (AvgIpc) is 2.32. The standard InChI is InChI=1S/C10H19NO/c1-7(2)10(8(3)4)6-11-9(5)12-10/h7-8H,6H2,1-5H3.